The summed E-state index contributed by atoms with van der Waals surface area (Å²) in [5.74, 6) is -0.394. The summed E-state index contributed by atoms with van der Waals surface area (Å²) in [4.78, 5) is 42.3. The van der Waals surface area contributed by atoms with Crippen molar-refractivity contribution in [1.82, 2.24) is 9.88 Å². The molecule has 3 heterocycles. The van der Waals surface area contributed by atoms with Crippen LogP contribution in [0.2, 0.25) is 0 Å². The molecule has 0 atom stereocenters. The maximum absolute atomic E-state index is 12.9. The minimum absolute atomic E-state index is 0.0815. The van der Waals surface area contributed by atoms with Crippen LogP contribution in [0, 0.1) is 5.92 Å². The number of benzene rings is 1. The fourth-order valence-electron chi connectivity index (χ4n) is 3.58. The number of pyridine rings is 1. The molecule has 0 saturated carbocycles. The highest BCUT2D eigenvalue weighted by molar-refractivity contribution is 7.21. The number of H-pyrrole nitrogens is 1. The number of nitrogens with one attached hydrogen (secondary N) is 1. The van der Waals surface area contributed by atoms with Crippen LogP contribution in [-0.2, 0) is 9.53 Å². The van der Waals surface area contributed by atoms with E-state index in [0.29, 0.717) is 42.8 Å². The number of para-hydroxylation sites is 1. The van der Waals surface area contributed by atoms with Crippen LogP contribution in [0.5, 0.6) is 0 Å². The molecule has 1 N–H and O–H groups in total. The van der Waals surface area contributed by atoms with E-state index in [1.807, 2.05) is 24.3 Å². The molecule has 0 bridgehead atoms. The number of amides is 1. The van der Waals surface area contributed by atoms with E-state index in [2.05, 4.69) is 4.98 Å². The minimum Gasteiger partial charge on any atom is -0.466 e. The zero-order chi connectivity index (χ0) is 19.0. The van der Waals surface area contributed by atoms with Gasteiger partial charge in [-0.05, 0) is 31.9 Å². The van der Waals surface area contributed by atoms with E-state index in [-0.39, 0.29) is 23.4 Å². The van der Waals surface area contributed by atoms with Crippen molar-refractivity contribution < 1.29 is 14.3 Å². The highest BCUT2D eigenvalue weighted by Crippen LogP contribution is 2.31. The van der Waals surface area contributed by atoms with E-state index < -0.39 is 0 Å². The maximum atomic E-state index is 12.9. The number of ether oxygens (including phenoxy) is 1. The van der Waals surface area contributed by atoms with Crippen LogP contribution in [-0.4, -0.2) is 41.5 Å². The monoisotopic (exact) mass is 384 g/mol. The van der Waals surface area contributed by atoms with Gasteiger partial charge in [0.25, 0.3) is 11.5 Å². The predicted octanol–water partition coefficient (Wildman–Crippen LogP) is 3.16. The number of rotatable bonds is 3. The van der Waals surface area contributed by atoms with Gasteiger partial charge >= 0.3 is 5.97 Å². The summed E-state index contributed by atoms with van der Waals surface area (Å²) in [7, 11) is 0. The van der Waals surface area contributed by atoms with E-state index in [0.717, 1.165) is 15.6 Å². The molecule has 6 nitrogen and oxygen atoms in total. The number of carbonyl (C=O) groups is 2. The van der Waals surface area contributed by atoms with Crippen LogP contribution >= 0.6 is 11.3 Å². The van der Waals surface area contributed by atoms with Crippen LogP contribution in [0.3, 0.4) is 0 Å². The molecule has 140 valence electrons. The fraction of sp³-hybridized carbons (Fsp3) is 0.350. The van der Waals surface area contributed by atoms with Gasteiger partial charge in [0.15, 0.2) is 0 Å². The Morgan fingerprint density at radius 1 is 1.22 bits per heavy atom. The first-order chi connectivity index (χ1) is 13.1. The van der Waals surface area contributed by atoms with Crippen molar-refractivity contribution in [3.63, 3.8) is 0 Å². The molecule has 0 spiro atoms. The average molecular weight is 384 g/mol. The molecular formula is C20H20N2O4S. The SMILES string of the molecule is CCOC(=O)C1CCN(C(=O)c2cc3c(=O)[nH]c4ccccc4c3s2)CC1. The molecule has 1 aliphatic heterocycles. The van der Waals surface area contributed by atoms with Crippen molar-refractivity contribution in [3.8, 4) is 0 Å². The molecule has 7 heteroatoms. The molecule has 1 fully saturated rings. The van der Waals surface area contributed by atoms with E-state index in [1.54, 1.807) is 17.9 Å². The normalized spacial score (nSPS) is 15.4. The van der Waals surface area contributed by atoms with Crippen LogP contribution in [0.4, 0.5) is 0 Å². The molecule has 3 aromatic rings. The van der Waals surface area contributed by atoms with Gasteiger partial charge in [0.1, 0.15) is 0 Å². The van der Waals surface area contributed by atoms with Gasteiger partial charge in [0, 0.05) is 28.7 Å². The second kappa shape index (κ2) is 7.15. The minimum atomic E-state index is -0.181. The number of piperidine rings is 1. The molecule has 0 aliphatic carbocycles. The Balaban J connectivity index is 1.59. The molecule has 0 radical (unpaired) electrons. The molecule has 2 aromatic heterocycles. The number of thiophene rings is 1. The first-order valence-corrected chi connectivity index (χ1v) is 9.90. The molecular weight excluding hydrogens is 364 g/mol. The zero-order valence-electron chi connectivity index (χ0n) is 15.0. The molecule has 1 saturated heterocycles. The summed E-state index contributed by atoms with van der Waals surface area (Å²) < 4.78 is 5.91. The van der Waals surface area contributed by atoms with E-state index in [9.17, 15) is 14.4 Å². The highest BCUT2D eigenvalue weighted by Gasteiger charge is 2.29. The Morgan fingerprint density at radius 3 is 2.70 bits per heavy atom. The van der Waals surface area contributed by atoms with Gasteiger partial charge in [-0.15, -0.1) is 11.3 Å². The van der Waals surface area contributed by atoms with Gasteiger partial charge < -0.3 is 14.6 Å². The van der Waals surface area contributed by atoms with Crippen LogP contribution in [0.25, 0.3) is 21.0 Å². The third-order valence-electron chi connectivity index (χ3n) is 5.01. The Hall–Kier alpha value is -2.67. The zero-order valence-corrected chi connectivity index (χ0v) is 15.8. The summed E-state index contributed by atoms with van der Waals surface area (Å²) in [6.07, 6.45) is 1.22. The highest BCUT2D eigenvalue weighted by atomic mass is 32.1. The summed E-state index contributed by atoms with van der Waals surface area (Å²) in [5.41, 5.74) is 0.589. The van der Waals surface area contributed by atoms with Crippen molar-refractivity contribution in [2.45, 2.75) is 19.8 Å². The van der Waals surface area contributed by atoms with E-state index >= 15 is 0 Å². The van der Waals surface area contributed by atoms with Gasteiger partial charge in [-0.1, -0.05) is 18.2 Å². The summed E-state index contributed by atoms with van der Waals surface area (Å²) in [6.45, 7) is 3.22. The second-order valence-electron chi connectivity index (χ2n) is 6.67. The number of esters is 1. The van der Waals surface area contributed by atoms with Gasteiger partial charge in [0.05, 0.1) is 22.8 Å². The maximum Gasteiger partial charge on any atom is 0.309 e. The summed E-state index contributed by atoms with van der Waals surface area (Å²) in [6, 6.07) is 9.28. The number of carbonyl (C=O) groups excluding carboxylic acids is 2. The molecule has 27 heavy (non-hydrogen) atoms. The average Bonchev–Trinajstić information content (AvgIpc) is 3.14. The molecule has 1 aliphatic rings. The van der Waals surface area contributed by atoms with Crippen molar-refractivity contribution in [1.29, 1.82) is 0 Å². The lowest BCUT2D eigenvalue weighted by atomic mass is 9.97. The Bertz CT molecular complexity index is 1080. The lowest BCUT2D eigenvalue weighted by Crippen LogP contribution is -2.40. The number of likely N-dealkylation sites (tertiary alicyclic amines) is 1. The van der Waals surface area contributed by atoms with Crippen molar-refractivity contribution in [2.75, 3.05) is 19.7 Å². The molecule has 1 amide bonds. The Morgan fingerprint density at radius 2 is 1.96 bits per heavy atom. The number of fused-ring (bicyclic) bond motifs is 3. The van der Waals surface area contributed by atoms with Crippen LogP contribution < -0.4 is 5.56 Å². The number of aromatic amines is 1. The molecule has 4 rings (SSSR count). The van der Waals surface area contributed by atoms with Crippen LogP contribution in [0.1, 0.15) is 29.4 Å². The third-order valence-corrected chi connectivity index (χ3v) is 6.17. The van der Waals surface area contributed by atoms with Crippen molar-refractivity contribution in [2.24, 2.45) is 5.92 Å². The predicted molar refractivity (Wildman–Crippen MR) is 105 cm³/mol. The number of aromatic nitrogens is 1. The van der Waals surface area contributed by atoms with Gasteiger partial charge in [-0.2, -0.15) is 0 Å². The van der Waals surface area contributed by atoms with E-state index in [4.69, 9.17) is 4.74 Å². The van der Waals surface area contributed by atoms with Gasteiger partial charge in [0.2, 0.25) is 0 Å². The standard InChI is InChI=1S/C20H20N2O4S/c1-2-26-20(25)12-7-9-22(10-8-12)19(24)16-11-14-17(27-16)13-5-3-4-6-15(13)21-18(14)23/h3-6,11-12H,2,7-10H2,1H3,(H,21,23). The van der Waals surface area contributed by atoms with Crippen molar-refractivity contribution >= 4 is 44.2 Å². The quantitative estimate of drug-likeness (QED) is 0.704. The largest absolute Gasteiger partial charge is 0.466 e. The van der Waals surface area contributed by atoms with E-state index in [1.165, 1.54) is 11.3 Å². The topological polar surface area (TPSA) is 79.5 Å². The fourth-order valence-corrected chi connectivity index (χ4v) is 4.74. The van der Waals surface area contributed by atoms with Crippen LogP contribution in [0.15, 0.2) is 35.1 Å². The lowest BCUT2D eigenvalue weighted by molar-refractivity contribution is -0.149. The number of hydrogen-bond acceptors (Lipinski definition) is 5. The third kappa shape index (κ3) is 3.23. The van der Waals surface area contributed by atoms with Gasteiger partial charge in [-0.3, -0.25) is 14.4 Å². The number of nitrogens with zero attached hydrogens (tertiary/aromatic N) is 1. The summed E-state index contributed by atoms with van der Waals surface area (Å²) in [5, 5.41) is 1.49. The lowest BCUT2D eigenvalue weighted by Gasteiger charge is -2.30. The smallest absolute Gasteiger partial charge is 0.309 e. The number of hydrogen-bond donors (Lipinski definition) is 1. The second-order valence-corrected chi connectivity index (χ2v) is 7.72. The molecule has 0 unspecified atom stereocenters. The van der Waals surface area contributed by atoms with Crippen molar-refractivity contribution in [3.05, 3.63) is 45.6 Å². The van der Waals surface area contributed by atoms with Gasteiger partial charge in [-0.25, -0.2) is 0 Å². The summed E-state index contributed by atoms with van der Waals surface area (Å²) >= 11 is 1.36. The molecule has 1 aromatic carbocycles. The Kier molecular flexibility index (Phi) is 4.70. The first kappa shape index (κ1) is 17.7. The first-order valence-electron chi connectivity index (χ1n) is 9.09. The Labute approximate surface area is 159 Å².